The number of phenols is 2. The molecule has 0 saturated heterocycles. The molecule has 0 unspecified atom stereocenters. The first-order valence-electron chi connectivity index (χ1n) is 6.38. The summed E-state index contributed by atoms with van der Waals surface area (Å²) in [6.45, 7) is 0. The van der Waals surface area contributed by atoms with Crippen molar-refractivity contribution in [1.82, 2.24) is 0 Å². The van der Waals surface area contributed by atoms with Crippen LogP contribution in [-0.4, -0.2) is 34.3 Å². The minimum absolute atomic E-state index is 0.00443. The van der Waals surface area contributed by atoms with Crippen LogP contribution in [0.3, 0.4) is 0 Å². The van der Waals surface area contributed by atoms with E-state index in [0.717, 1.165) is 0 Å². The number of Topliss-reactive ketones (excluding diaryl/α,β-unsaturated/α-hetero) is 1. The van der Waals surface area contributed by atoms with E-state index >= 15 is 0 Å². The van der Waals surface area contributed by atoms with Crippen molar-refractivity contribution >= 4 is 5.78 Å². The second-order valence-electron chi connectivity index (χ2n) is 4.63. The Hall–Kier alpha value is -2.53. The minimum atomic E-state index is -1.27. The summed E-state index contributed by atoms with van der Waals surface area (Å²) in [6.07, 6.45) is -1.27. The quantitative estimate of drug-likeness (QED) is 0.731. The summed E-state index contributed by atoms with van der Waals surface area (Å²) in [5.74, 6) is 0.0431. The van der Waals surface area contributed by atoms with Gasteiger partial charge in [-0.15, -0.1) is 0 Å². The molecule has 5 nitrogen and oxygen atoms in total. The highest BCUT2D eigenvalue weighted by atomic mass is 16.5. The van der Waals surface area contributed by atoms with Crippen molar-refractivity contribution in [2.24, 2.45) is 0 Å². The van der Waals surface area contributed by atoms with Crippen LogP contribution in [0.2, 0.25) is 0 Å². The number of benzene rings is 2. The van der Waals surface area contributed by atoms with Crippen LogP contribution in [0.5, 0.6) is 17.2 Å². The molecular formula is C16H16O5. The molecule has 1 atom stereocenters. The van der Waals surface area contributed by atoms with Gasteiger partial charge in [0.1, 0.15) is 23.4 Å². The lowest BCUT2D eigenvalue weighted by Gasteiger charge is -2.12. The van der Waals surface area contributed by atoms with E-state index in [4.69, 9.17) is 4.74 Å². The lowest BCUT2D eigenvalue weighted by molar-refractivity contribution is 0.0747. The number of aliphatic hydroxyl groups is 1. The standard InChI is InChI=1S/C16H16O5/c1-21-13-7-4-11(14(18)9-13)8-15(19)16(20)10-2-5-12(17)6-3-10/h2-7,9,15,17-19H,8H2,1H3/t15-/m1/s1. The van der Waals surface area contributed by atoms with Crippen LogP contribution in [0.15, 0.2) is 42.5 Å². The third-order valence-corrected chi connectivity index (χ3v) is 3.16. The van der Waals surface area contributed by atoms with Gasteiger partial charge in [-0.2, -0.15) is 0 Å². The number of aromatic hydroxyl groups is 2. The van der Waals surface area contributed by atoms with Crippen molar-refractivity contribution < 1.29 is 24.9 Å². The number of phenolic OH excluding ortho intramolecular Hbond substituents is 2. The maximum Gasteiger partial charge on any atom is 0.191 e. The molecule has 21 heavy (non-hydrogen) atoms. The number of methoxy groups -OCH3 is 1. The summed E-state index contributed by atoms with van der Waals surface area (Å²) in [4.78, 5) is 12.1. The smallest absolute Gasteiger partial charge is 0.191 e. The highest BCUT2D eigenvalue weighted by Gasteiger charge is 2.19. The van der Waals surface area contributed by atoms with Crippen LogP contribution in [0.25, 0.3) is 0 Å². The Kier molecular flexibility index (Phi) is 4.45. The molecule has 0 aliphatic carbocycles. The van der Waals surface area contributed by atoms with Crippen LogP contribution < -0.4 is 4.74 Å². The zero-order valence-corrected chi connectivity index (χ0v) is 11.5. The monoisotopic (exact) mass is 288 g/mol. The molecule has 0 saturated carbocycles. The van der Waals surface area contributed by atoms with Gasteiger partial charge in [-0.05, 0) is 35.9 Å². The molecule has 2 aromatic carbocycles. The Morgan fingerprint density at radius 1 is 1.14 bits per heavy atom. The Morgan fingerprint density at radius 2 is 1.81 bits per heavy atom. The van der Waals surface area contributed by atoms with E-state index in [1.54, 1.807) is 12.1 Å². The lowest BCUT2D eigenvalue weighted by atomic mass is 9.99. The van der Waals surface area contributed by atoms with Gasteiger partial charge in [0, 0.05) is 18.1 Å². The molecule has 0 fully saturated rings. The van der Waals surface area contributed by atoms with Crippen LogP contribution in [0.1, 0.15) is 15.9 Å². The van der Waals surface area contributed by atoms with Crippen LogP contribution in [-0.2, 0) is 6.42 Å². The third kappa shape index (κ3) is 3.52. The molecule has 0 aliphatic heterocycles. The number of rotatable bonds is 5. The molecule has 0 aromatic heterocycles. The van der Waals surface area contributed by atoms with Gasteiger partial charge < -0.3 is 20.1 Å². The van der Waals surface area contributed by atoms with Crippen molar-refractivity contribution in [3.8, 4) is 17.2 Å². The fraction of sp³-hybridized carbons (Fsp3) is 0.188. The maximum atomic E-state index is 12.1. The van der Waals surface area contributed by atoms with Crippen molar-refractivity contribution in [1.29, 1.82) is 0 Å². The van der Waals surface area contributed by atoms with Crippen LogP contribution >= 0.6 is 0 Å². The topological polar surface area (TPSA) is 87.0 Å². The summed E-state index contributed by atoms with van der Waals surface area (Å²) in [5.41, 5.74) is 0.753. The molecule has 2 rings (SSSR count). The first-order valence-corrected chi connectivity index (χ1v) is 6.38. The second kappa shape index (κ2) is 6.28. The number of carbonyl (C=O) groups is 1. The predicted octanol–water partition coefficient (Wildman–Crippen LogP) is 1.89. The van der Waals surface area contributed by atoms with Crippen molar-refractivity contribution in [3.05, 3.63) is 53.6 Å². The predicted molar refractivity (Wildman–Crippen MR) is 76.8 cm³/mol. The summed E-state index contributed by atoms with van der Waals surface area (Å²) < 4.78 is 4.97. The molecule has 5 heteroatoms. The average Bonchev–Trinajstić information content (AvgIpc) is 2.49. The van der Waals surface area contributed by atoms with Gasteiger partial charge >= 0.3 is 0 Å². The molecule has 0 aliphatic rings. The number of aliphatic hydroxyl groups excluding tert-OH is 1. The molecule has 110 valence electrons. The second-order valence-corrected chi connectivity index (χ2v) is 4.63. The normalized spacial score (nSPS) is 11.9. The Bertz CT molecular complexity index is 634. The Balaban J connectivity index is 2.12. The van der Waals surface area contributed by atoms with Gasteiger partial charge in [-0.3, -0.25) is 4.79 Å². The summed E-state index contributed by atoms with van der Waals surface area (Å²) in [6, 6.07) is 10.3. The highest BCUT2D eigenvalue weighted by Crippen LogP contribution is 2.25. The summed E-state index contributed by atoms with van der Waals surface area (Å²) >= 11 is 0. The fourth-order valence-electron chi connectivity index (χ4n) is 1.96. The molecule has 0 amide bonds. The maximum absolute atomic E-state index is 12.1. The number of carbonyl (C=O) groups excluding carboxylic acids is 1. The van der Waals surface area contributed by atoms with Gasteiger partial charge in [0.2, 0.25) is 0 Å². The zero-order valence-electron chi connectivity index (χ0n) is 11.5. The molecule has 0 bridgehead atoms. The first kappa shape index (κ1) is 14.9. The van der Waals surface area contributed by atoms with E-state index in [-0.39, 0.29) is 17.9 Å². The van der Waals surface area contributed by atoms with Gasteiger partial charge in [-0.1, -0.05) is 6.07 Å². The zero-order chi connectivity index (χ0) is 15.4. The van der Waals surface area contributed by atoms with Crippen LogP contribution in [0.4, 0.5) is 0 Å². The number of hydrogen-bond donors (Lipinski definition) is 3. The Morgan fingerprint density at radius 3 is 2.38 bits per heavy atom. The van der Waals surface area contributed by atoms with E-state index in [9.17, 15) is 20.1 Å². The Labute approximate surface area is 122 Å². The molecule has 2 aromatic rings. The molecule has 0 radical (unpaired) electrons. The van der Waals surface area contributed by atoms with Gasteiger partial charge in [0.25, 0.3) is 0 Å². The molecule has 0 spiro atoms. The van der Waals surface area contributed by atoms with Crippen molar-refractivity contribution in [2.75, 3.05) is 7.11 Å². The largest absolute Gasteiger partial charge is 0.508 e. The molecule has 0 heterocycles. The van der Waals surface area contributed by atoms with E-state index in [1.807, 2.05) is 0 Å². The van der Waals surface area contributed by atoms with E-state index in [1.165, 1.54) is 37.4 Å². The van der Waals surface area contributed by atoms with E-state index < -0.39 is 11.9 Å². The van der Waals surface area contributed by atoms with E-state index in [2.05, 4.69) is 0 Å². The SMILES string of the molecule is COc1ccc(C[C@@H](O)C(=O)c2ccc(O)cc2)c(O)c1. The van der Waals surface area contributed by atoms with Crippen molar-refractivity contribution in [2.45, 2.75) is 12.5 Å². The average molecular weight is 288 g/mol. The summed E-state index contributed by atoms with van der Waals surface area (Å²) in [7, 11) is 1.48. The molecular weight excluding hydrogens is 272 g/mol. The van der Waals surface area contributed by atoms with Crippen LogP contribution in [0, 0.1) is 0 Å². The summed E-state index contributed by atoms with van der Waals surface area (Å²) in [5, 5.41) is 29.0. The van der Waals surface area contributed by atoms with Crippen molar-refractivity contribution in [3.63, 3.8) is 0 Å². The molecule has 3 N–H and O–H groups in total. The number of ether oxygens (including phenoxy) is 1. The minimum Gasteiger partial charge on any atom is -0.508 e. The first-order chi connectivity index (χ1) is 10.0. The van der Waals surface area contributed by atoms with Gasteiger partial charge in [0.15, 0.2) is 5.78 Å². The number of hydrogen-bond acceptors (Lipinski definition) is 5. The lowest BCUT2D eigenvalue weighted by Crippen LogP contribution is -2.23. The fourth-order valence-corrected chi connectivity index (χ4v) is 1.96. The number of ketones is 1. The third-order valence-electron chi connectivity index (χ3n) is 3.16. The van der Waals surface area contributed by atoms with Gasteiger partial charge in [0.05, 0.1) is 7.11 Å². The van der Waals surface area contributed by atoms with E-state index in [0.29, 0.717) is 16.9 Å². The van der Waals surface area contributed by atoms with Gasteiger partial charge in [-0.25, -0.2) is 0 Å². The highest BCUT2D eigenvalue weighted by molar-refractivity contribution is 5.99.